The summed E-state index contributed by atoms with van der Waals surface area (Å²) in [6, 6.07) is 0. The van der Waals surface area contributed by atoms with E-state index >= 15 is 0 Å². The summed E-state index contributed by atoms with van der Waals surface area (Å²) >= 11 is 0. The molecule has 2 N–H and O–H groups in total. The monoisotopic (exact) mass is 538 g/mol. The van der Waals surface area contributed by atoms with Gasteiger partial charge in [-0.2, -0.15) is 4.31 Å². The molecule has 0 unspecified atom stereocenters. The summed E-state index contributed by atoms with van der Waals surface area (Å²) in [5.74, 6) is 0.547. The molecule has 12 nitrogen and oxygen atoms in total. The van der Waals surface area contributed by atoms with Crippen LogP contribution in [0, 0.1) is 5.92 Å². The van der Waals surface area contributed by atoms with Crippen LogP contribution in [-0.4, -0.2) is 95.8 Å². The predicted molar refractivity (Wildman–Crippen MR) is 137 cm³/mol. The maximum absolute atomic E-state index is 12.7. The first kappa shape index (κ1) is 27.5. The first-order valence-corrected chi connectivity index (χ1v) is 14.4. The van der Waals surface area contributed by atoms with Gasteiger partial charge in [-0.15, -0.1) is 0 Å². The molecule has 1 aromatic heterocycles. The summed E-state index contributed by atoms with van der Waals surface area (Å²) in [6.45, 7) is 7.39. The molecule has 2 aliphatic heterocycles. The highest BCUT2D eigenvalue weighted by Crippen LogP contribution is 2.39. The lowest BCUT2D eigenvalue weighted by atomic mass is 9.98. The number of carbonyl (C=O) groups excluding carboxylic acids is 2. The third kappa shape index (κ3) is 7.51. The van der Waals surface area contributed by atoms with E-state index in [-0.39, 0.29) is 43.0 Å². The van der Waals surface area contributed by atoms with Gasteiger partial charge in [-0.1, -0.05) is 0 Å². The average Bonchev–Trinajstić information content (AvgIpc) is 3.58. The highest BCUT2D eigenvalue weighted by Gasteiger charge is 2.43. The van der Waals surface area contributed by atoms with Gasteiger partial charge in [0.1, 0.15) is 5.60 Å². The summed E-state index contributed by atoms with van der Waals surface area (Å²) in [5, 5.41) is 0. The maximum atomic E-state index is 12.7. The smallest absolute Gasteiger partial charge is 0.410 e. The van der Waals surface area contributed by atoms with Crippen molar-refractivity contribution in [2.24, 2.45) is 11.7 Å². The van der Waals surface area contributed by atoms with Gasteiger partial charge in [0, 0.05) is 31.7 Å². The van der Waals surface area contributed by atoms with Crippen LogP contribution in [0.2, 0.25) is 0 Å². The molecule has 37 heavy (non-hydrogen) atoms. The van der Waals surface area contributed by atoms with Gasteiger partial charge in [0.15, 0.2) is 5.82 Å². The van der Waals surface area contributed by atoms with Crippen LogP contribution in [0.4, 0.5) is 10.6 Å². The number of sulfonamides is 1. The van der Waals surface area contributed by atoms with Gasteiger partial charge < -0.3 is 20.1 Å². The van der Waals surface area contributed by atoms with E-state index in [1.165, 1.54) is 21.6 Å². The number of rotatable bonds is 9. The molecule has 2 amide bonds. The van der Waals surface area contributed by atoms with Crippen LogP contribution in [0.3, 0.4) is 0 Å². The molecule has 3 fully saturated rings. The first-order chi connectivity index (χ1) is 17.3. The zero-order valence-electron chi connectivity index (χ0n) is 21.9. The minimum atomic E-state index is -3.57. The Balaban J connectivity index is 1.21. The molecule has 0 aromatic carbocycles. The van der Waals surface area contributed by atoms with Crippen molar-refractivity contribution in [3.63, 3.8) is 0 Å². The van der Waals surface area contributed by atoms with Gasteiger partial charge in [0.2, 0.25) is 21.8 Å². The summed E-state index contributed by atoms with van der Waals surface area (Å²) in [6.07, 6.45) is 6.52. The van der Waals surface area contributed by atoms with Crippen molar-refractivity contribution in [3.8, 4) is 5.88 Å². The molecule has 0 bridgehead atoms. The summed E-state index contributed by atoms with van der Waals surface area (Å²) in [7, 11) is -3.57. The molecular weight excluding hydrogens is 500 g/mol. The molecule has 0 radical (unpaired) electrons. The van der Waals surface area contributed by atoms with E-state index in [0.29, 0.717) is 43.7 Å². The van der Waals surface area contributed by atoms with Crippen molar-refractivity contribution < 1.29 is 27.5 Å². The molecular formula is C24H38N6O6S. The number of piperidine rings is 1. The fourth-order valence-electron chi connectivity index (χ4n) is 4.21. The number of aromatic nitrogens is 2. The third-order valence-corrected chi connectivity index (χ3v) is 8.92. The molecule has 3 heterocycles. The van der Waals surface area contributed by atoms with E-state index in [2.05, 4.69) is 9.97 Å². The summed E-state index contributed by atoms with van der Waals surface area (Å²) in [5.41, 5.74) is 5.04. The average molecular weight is 539 g/mol. The lowest BCUT2D eigenvalue weighted by Crippen LogP contribution is -2.53. The third-order valence-electron chi connectivity index (χ3n) is 7.10. The first-order valence-electron chi connectivity index (χ1n) is 12.8. The molecule has 0 atom stereocenters. The number of ether oxygens (including phenoxy) is 2. The maximum Gasteiger partial charge on any atom is 0.410 e. The molecule has 1 aliphatic carbocycles. The van der Waals surface area contributed by atoms with Gasteiger partial charge >= 0.3 is 6.09 Å². The Hall–Kier alpha value is -2.51. The van der Waals surface area contributed by atoms with Gasteiger partial charge in [-0.05, 0) is 58.8 Å². The lowest BCUT2D eigenvalue weighted by molar-refractivity contribution is -0.120. The minimum Gasteiger partial charge on any atom is -0.476 e. The largest absolute Gasteiger partial charge is 0.476 e. The SMILES string of the molecule is CC(C)(N)CCS(=O)(=O)N1CCN(c2cnc(OCC3CCN(C(=O)OC4(C)CC4)CC3)cn2)C(=O)C1. The zero-order valence-corrected chi connectivity index (χ0v) is 22.7. The Morgan fingerprint density at radius 1 is 1.16 bits per heavy atom. The second-order valence-electron chi connectivity index (χ2n) is 11.2. The molecule has 1 aromatic rings. The van der Waals surface area contributed by atoms with Crippen LogP contribution < -0.4 is 15.4 Å². The second kappa shape index (κ2) is 10.7. The van der Waals surface area contributed by atoms with Crippen LogP contribution in [0.5, 0.6) is 5.88 Å². The van der Waals surface area contributed by atoms with E-state index in [4.69, 9.17) is 15.2 Å². The van der Waals surface area contributed by atoms with Crippen molar-refractivity contribution >= 4 is 27.8 Å². The summed E-state index contributed by atoms with van der Waals surface area (Å²) in [4.78, 5) is 36.7. The van der Waals surface area contributed by atoms with E-state index in [1.54, 1.807) is 18.7 Å². The summed E-state index contributed by atoms with van der Waals surface area (Å²) < 4.78 is 37.8. The van der Waals surface area contributed by atoms with Crippen molar-refractivity contribution in [3.05, 3.63) is 12.4 Å². The number of nitrogens with two attached hydrogens (primary N) is 1. The molecule has 3 aliphatic rings. The number of hydrogen-bond acceptors (Lipinski definition) is 9. The molecule has 0 spiro atoms. The Labute approximate surface area is 218 Å². The van der Waals surface area contributed by atoms with E-state index in [0.717, 1.165) is 25.7 Å². The standard InChI is InChI=1S/C24H38N6O6S/c1-23(2,25)8-13-37(33,34)29-11-12-30(21(31)16-29)19-14-27-20(15-26-19)35-17-18-4-9-28(10-5-18)22(32)36-24(3)6-7-24/h14-15,18H,4-13,16-17,25H2,1-3H3. The molecule has 206 valence electrons. The minimum absolute atomic E-state index is 0.0990. The second-order valence-corrected chi connectivity index (χ2v) is 13.3. The van der Waals surface area contributed by atoms with Crippen LogP contribution >= 0.6 is 0 Å². The van der Waals surface area contributed by atoms with Crippen LogP contribution in [0.1, 0.15) is 52.9 Å². The van der Waals surface area contributed by atoms with Crippen molar-refractivity contribution in [2.45, 2.75) is 64.0 Å². The fourth-order valence-corrected chi connectivity index (χ4v) is 5.92. The van der Waals surface area contributed by atoms with Crippen molar-refractivity contribution in [2.75, 3.05) is 50.0 Å². The normalized spacial score (nSPS) is 21.1. The Morgan fingerprint density at radius 2 is 1.86 bits per heavy atom. The highest BCUT2D eigenvalue weighted by molar-refractivity contribution is 7.89. The van der Waals surface area contributed by atoms with Gasteiger partial charge in [-0.3, -0.25) is 9.69 Å². The number of likely N-dealkylation sites (tertiary alicyclic amines) is 1. The lowest BCUT2D eigenvalue weighted by Gasteiger charge is -2.33. The Morgan fingerprint density at radius 3 is 2.43 bits per heavy atom. The Bertz CT molecular complexity index is 1080. The number of nitrogens with zero attached hydrogens (tertiary/aromatic N) is 5. The van der Waals surface area contributed by atoms with E-state index in [9.17, 15) is 18.0 Å². The van der Waals surface area contributed by atoms with E-state index < -0.39 is 15.6 Å². The van der Waals surface area contributed by atoms with Crippen molar-refractivity contribution in [1.82, 2.24) is 19.2 Å². The number of carbonyl (C=O) groups is 2. The van der Waals surface area contributed by atoms with Gasteiger partial charge in [0.05, 0.1) is 31.3 Å². The van der Waals surface area contributed by atoms with Crippen LogP contribution in [0.15, 0.2) is 12.4 Å². The van der Waals surface area contributed by atoms with Crippen LogP contribution in [-0.2, 0) is 19.6 Å². The molecule has 1 saturated carbocycles. The topological polar surface area (TPSA) is 148 Å². The number of anilines is 1. The highest BCUT2D eigenvalue weighted by atomic mass is 32.2. The van der Waals surface area contributed by atoms with Crippen molar-refractivity contribution in [1.29, 1.82) is 0 Å². The number of piperazine rings is 1. The van der Waals surface area contributed by atoms with Crippen LogP contribution in [0.25, 0.3) is 0 Å². The number of hydrogen-bond donors (Lipinski definition) is 1. The number of amides is 2. The van der Waals surface area contributed by atoms with E-state index in [1.807, 2.05) is 6.92 Å². The fraction of sp³-hybridized carbons (Fsp3) is 0.750. The molecule has 4 rings (SSSR count). The predicted octanol–water partition coefficient (Wildman–Crippen LogP) is 1.36. The zero-order chi connectivity index (χ0) is 26.8. The van der Waals surface area contributed by atoms with Gasteiger partial charge in [-0.25, -0.2) is 23.2 Å². The quantitative estimate of drug-likeness (QED) is 0.492. The molecule has 13 heteroatoms. The Kier molecular flexibility index (Phi) is 7.96. The molecule has 2 saturated heterocycles. The van der Waals surface area contributed by atoms with Gasteiger partial charge in [0.25, 0.3) is 0 Å².